The van der Waals surface area contributed by atoms with Crippen LogP contribution in [0.25, 0.3) is 33.2 Å². The second kappa shape index (κ2) is 8.91. The SMILES string of the molecule is Cn1nc(-c2cccc(F)c2)c2ccc(NC3CCN(c4nc5ccccc5n4CC4CC4)CC3)cc21. The van der Waals surface area contributed by atoms with Crippen molar-refractivity contribution in [2.45, 2.75) is 38.3 Å². The fraction of sp³-hybridized carbons (Fsp3) is 0.333. The second-order valence-corrected chi connectivity index (χ2v) is 10.6. The third-order valence-electron chi connectivity index (χ3n) is 7.87. The van der Waals surface area contributed by atoms with E-state index in [1.54, 1.807) is 12.1 Å². The lowest BCUT2D eigenvalue weighted by atomic mass is 10.0. The number of nitrogens with one attached hydrogen (secondary N) is 1. The Morgan fingerprint density at radius 1 is 0.919 bits per heavy atom. The van der Waals surface area contributed by atoms with E-state index in [0.29, 0.717) is 6.04 Å². The number of para-hydroxylation sites is 2. The molecule has 2 aromatic heterocycles. The van der Waals surface area contributed by atoms with E-state index >= 15 is 0 Å². The topological polar surface area (TPSA) is 50.9 Å². The minimum atomic E-state index is -0.246. The lowest BCUT2D eigenvalue weighted by Crippen LogP contribution is -2.40. The molecule has 0 spiro atoms. The molecule has 37 heavy (non-hydrogen) atoms. The normalized spacial score (nSPS) is 16.6. The highest BCUT2D eigenvalue weighted by Crippen LogP contribution is 2.35. The molecule has 6 nitrogen and oxygen atoms in total. The van der Waals surface area contributed by atoms with E-state index < -0.39 is 0 Å². The van der Waals surface area contributed by atoms with E-state index in [9.17, 15) is 4.39 Å². The highest BCUT2D eigenvalue weighted by atomic mass is 19.1. The van der Waals surface area contributed by atoms with Crippen molar-refractivity contribution in [3.63, 3.8) is 0 Å². The van der Waals surface area contributed by atoms with Crippen LogP contribution in [0, 0.1) is 11.7 Å². The standard InChI is InChI=1S/C30H31FN6/c1-35-28-18-24(11-12-25(28)29(34-35)21-5-4-6-22(31)17-21)32-23-13-15-36(16-14-23)30-33-26-7-2-3-8-27(26)37(30)19-20-9-10-20/h2-8,11-12,17-18,20,23,32H,9-10,13-16,19H2,1H3. The van der Waals surface area contributed by atoms with E-state index in [1.165, 1.54) is 24.4 Å². The van der Waals surface area contributed by atoms with Crippen LogP contribution in [-0.2, 0) is 13.6 Å². The predicted molar refractivity (Wildman–Crippen MR) is 147 cm³/mol. The van der Waals surface area contributed by atoms with Gasteiger partial charge in [0.2, 0.25) is 5.95 Å². The van der Waals surface area contributed by atoms with Crippen molar-refractivity contribution in [1.82, 2.24) is 19.3 Å². The number of imidazole rings is 1. The largest absolute Gasteiger partial charge is 0.382 e. The second-order valence-electron chi connectivity index (χ2n) is 10.6. The Morgan fingerprint density at radius 2 is 1.76 bits per heavy atom. The summed E-state index contributed by atoms with van der Waals surface area (Å²) in [6.45, 7) is 3.06. The van der Waals surface area contributed by atoms with Gasteiger partial charge in [-0.25, -0.2) is 9.37 Å². The molecular formula is C30H31FN6. The Bertz CT molecular complexity index is 1590. The lowest BCUT2D eigenvalue weighted by molar-refractivity contribution is 0.509. The minimum absolute atomic E-state index is 0.246. The molecule has 1 aliphatic heterocycles. The first-order valence-corrected chi connectivity index (χ1v) is 13.3. The average molecular weight is 495 g/mol. The first-order valence-electron chi connectivity index (χ1n) is 13.3. The molecule has 1 saturated carbocycles. The molecule has 1 N–H and O–H groups in total. The number of anilines is 2. The molecule has 3 heterocycles. The van der Waals surface area contributed by atoms with Gasteiger partial charge in [-0.3, -0.25) is 4.68 Å². The highest BCUT2D eigenvalue weighted by molar-refractivity contribution is 5.95. The van der Waals surface area contributed by atoms with Crippen LogP contribution in [0.3, 0.4) is 0 Å². The van der Waals surface area contributed by atoms with Crippen molar-refractivity contribution in [3.05, 3.63) is 72.5 Å². The first kappa shape index (κ1) is 22.3. The van der Waals surface area contributed by atoms with Gasteiger partial charge in [-0.1, -0.05) is 24.3 Å². The van der Waals surface area contributed by atoms with Gasteiger partial charge < -0.3 is 14.8 Å². The van der Waals surface area contributed by atoms with Crippen molar-refractivity contribution in [2.75, 3.05) is 23.3 Å². The summed E-state index contributed by atoms with van der Waals surface area (Å²) in [4.78, 5) is 7.51. The van der Waals surface area contributed by atoms with Crippen LogP contribution in [-0.4, -0.2) is 38.5 Å². The summed E-state index contributed by atoms with van der Waals surface area (Å²) < 4.78 is 18.1. The molecular weight excluding hydrogens is 463 g/mol. The zero-order chi connectivity index (χ0) is 24.9. The summed E-state index contributed by atoms with van der Waals surface area (Å²) >= 11 is 0. The Balaban J connectivity index is 1.07. The molecule has 7 heteroatoms. The quantitative estimate of drug-likeness (QED) is 0.304. The summed E-state index contributed by atoms with van der Waals surface area (Å²) in [6, 6.07) is 22.0. The highest BCUT2D eigenvalue weighted by Gasteiger charge is 2.28. The monoisotopic (exact) mass is 494 g/mol. The lowest BCUT2D eigenvalue weighted by Gasteiger charge is -2.34. The molecule has 188 valence electrons. The summed E-state index contributed by atoms with van der Waals surface area (Å²) in [5.41, 5.74) is 6.10. The van der Waals surface area contributed by atoms with Crippen molar-refractivity contribution >= 4 is 33.6 Å². The van der Waals surface area contributed by atoms with Gasteiger partial charge in [0.15, 0.2) is 0 Å². The van der Waals surface area contributed by atoms with Gasteiger partial charge in [-0.05, 0) is 74.1 Å². The molecule has 5 aromatic rings. The molecule has 0 amide bonds. The summed E-state index contributed by atoms with van der Waals surface area (Å²) in [6.07, 6.45) is 4.79. The summed E-state index contributed by atoms with van der Waals surface area (Å²) in [7, 11) is 1.95. The van der Waals surface area contributed by atoms with Crippen molar-refractivity contribution in [2.24, 2.45) is 13.0 Å². The van der Waals surface area contributed by atoms with Crippen LogP contribution in [0.15, 0.2) is 66.7 Å². The number of fused-ring (bicyclic) bond motifs is 2. The van der Waals surface area contributed by atoms with E-state index in [0.717, 1.165) is 77.7 Å². The van der Waals surface area contributed by atoms with Gasteiger partial charge in [0, 0.05) is 49.4 Å². The minimum Gasteiger partial charge on any atom is -0.382 e. The third-order valence-corrected chi connectivity index (χ3v) is 7.87. The van der Waals surface area contributed by atoms with Crippen LogP contribution in [0.5, 0.6) is 0 Å². The van der Waals surface area contributed by atoms with Crippen molar-refractivity contribution < 1.29 is 4.39 Å². The number of hydrogen-bond donors (Lipinski definition) is 1. The maximum Gasteiger partial charge on any atom is 0.206 e. The Kier molecular flexibility index (Phi) is 5.38. The summed E-state index contributed by atoms with van der Waals surface area (Å²) in [5.74, 6) is 1.69. The number of rotatable bonds is 6. The zero-order valence-corrected chi connectivity index (χ0v) is 21.1. The number of aryl methyl sites for hydroxylation is 1. The van der Waals surface area contributed by atoms with E-state index in [4.69, 9.17) is 4.98 Å². The van der Waals surface area contributed by atoms with Crippen molar-refractivity contribution in [3.8, 4) is 11.3 Å². The molecule has 1 aliphatic carbocycles. The average Bonchev–Trinajstić information content (AvgIpc) is 3.58. The molecule has 2 aliphatic rings. The van der Waals surface area contributed by atoms with E-state index in [-0.39, 0.29) is 5.82 Å². The fourth-order valence-electron chi connectivity index (χ4n) is 5.70. The van der Waals surface area contributed by atoms with Gasteiger partial charge in [0.1, 0.15) is 11.5 Å². The van der Waals surface area contributed by atoms with Gasteiger partial charge in [0.05, 0.1) is 16.6 Å². The smallest absolute Gasteiger partial charge is 0.206 e. The molecule has 0 radical (unpaired) electrons. The molecule has 7 rings (SSSR count). The Labute approximate surface area is 215 Å². The number of piperidine rings is 1. The molecule has 3 aromatic carbocycles. The summed E-state index contributed by atoms with van der Waals surface area (Å²) in [5, 5.41) is 9.48. The molecule has 0 unspecified atom stereocenters. The fourth-order valence-corrected chi connectivity index (χ4v) is 5.70. The number of aromatic nitrogens is 4. The maximum atomic E-state index is 13.8. The zero-order valence-electron chi connectivity index (χ0n) is 21.1. The number of nitrogens with zero attached hydrogens (tertiary/aromatic N) is 5. The van der Waals surface area contributed by atoms with Gasteiger partial charge in [-0.2, -0.15) is 5.10 Å². The van der Waals surface area contributed by atoms with Crippen LogP contribution in [0.2, 0.25) is 0 Å². The third kappa shape index (κ3) is 4.22. The number of hydrogen-bond acceptors (Lipinski definition) is 4. The Hall–Kier alpha value is -3.87. The first-order chi connectivity index (χ1) is 18.1. The van der Waals surface area contributed by atoms with Crippen LogP contribution in [0.1, 0.15) is 25.7 Å². The molecule has 1 saturated heterocycles. The molecule has 0 bridgehead atoms. The Morgan fingerprint density at radius 3 is 2.57 bits per heavy atom. The molecule has 0 atom stereocenters. The maximum absolute atomic E-state index is 13.8. The van der Waals surface area contributed by atoms with Gasteiger partial charge in [0.25, 0.3) is 0 Å². The van der Waals surface area contributed by atoms with Crippen LogP contribution < -0.4 is 10.2 Å². The number of halogens is 1. The molecule has 2 fully saturated rings. The van der Waals surface area contributed by atoms with Crippen LogP contribution in [0.4, 0.5) is 16.0 Å². The van der Waals surface area contributed by atoms with E-state index in [1.807, 2.05) is 17.8 Å². The van der Waals surface area contributed by atoms with Gasteiger partial charge in [-0.15, -0.1) is 0 Å². The predicted octanol–water partition coefficient (Wildman–Crippen LogP) is 6.22. The van der Waals surface area contributed by atoms with E-state index in [2.05, 4.69) is 62.3 Å². The van der Waals surface area contributed by atoms with Crippen LogP contribution >= 0.6 is 0 Å². The van der Waals surface area contributed by atoms with Crippen molar-refractivity contribution in [1.29, 1.82) is 0 Å². The van der Waals surface area contributed by atoms with Gasteiger partial charge >= 0.3 is 0 Å². The number of benzene rings is 3.